The third-order valence-electron chi connectivity index (χ3n) is 3.23. The molecule has 1 aromatic heterocycles. The molecule has 18 heavy (non-hydrogen) atoms. The van der Waals surface area contributed by atoms with Crippen LogP contribution in [0.2, 0.25) is 0 Å². The van der Waals surface area contributed by atoms with Gasteiger partial charge in [0.15, 0.2) is 0 Å². The van der Waals surface area contributed by atoms with E-state index in [0.717, 1.165) is 17.0 Å². The molecule has 1 aliphatic rings. The lowest BCUT2D eigenvalue weighted by Crippen LogP contribution is -2.32. The summed E-state index contributed by atoms with van der Waals surface area (Å²) in [5, 5.41) is 0. The molecular weight excluding hydrogens is 227 g/mol. The molecule has 0 aliphatic carbocycles. The third-order valence-corrected chi connectivity index (χ3v) is 3.23. The monoisotopic (exact) mass is 245 g/mol. The van der Waals surface area contributed by atoms with Crippen molar-refractivity contribution in [2.45, 2.75) is 13.3 Å². The zero-order chi connectivity index (χ0) is 13.3. The molecule has 0 atom stereocenters. The second-order valence-electron chi connectivity index (χ2n) is 5.01. The fourth-order valence-corrected chi connectivity index (χ4v) is 2.31. The van der Waals surface area contributed by atoms with E-state index >= 15 is 0 Å². The van der Waals surface area contributed by atoms with E-state index in [-0.39, 0.29) is 5.83 Å². The van der Waals surface area contributed by atoms with E-state index in [0.29, 0.717) is 16.5 Å². The summed E-state index contributed by atoms with van der Waals surface area (Å²) in [5.41, 5.74) is 2.84. The minimum Gasteiger partial charge on any atom is -0.253 e. The lowest BCUT2D eigenvalue weighted by molar-refractivity contribution is 0.535. The molecule has 2 heterocycles. The lowest BCUT2D eigenvalue weighted by atomic mass is 10.0. The smallest absolute Gasteiger partial charge is 0.239 e. The Bertz CT molecular complexity index is 549. The van der Waals surface area contributed by atoms with E-state index in [9.17, 15) is 4.39 Å². The average molecular weight is 245 g/mol. The van der Waals surface area contributed by atoms with Crippen molar-refractivity contribution in [1.82, 2.24) is 9.47 Å². The Kier molecular flexibility index (Phi) is 3.18. The molecule has 0 saturated carbocycles. The molecule has 0 fully saturated rings. The zero-order valence-electron chi connectivity index (χ0n) is 11.1. The van der Waals surface area contributed by atoms with Gasteiger partial charge in [0.25, 0.3) is 0 Å². The maximum Gasteiger partial charge on any atom is 0.239 e. The van der Waals surface area contributed by atoms with Crippen molar-refractivity contribution in [1.29, 1.82) is 0 Å². The molecule has 0 bridgehead atoms. The van der Waals surface area contributed by atoms with Gasteiger partial charge >= 0.3 is 0 Å². The van der Waals surface area contributed by atoms with Gasteiger partial charge in [-0.3, -0.25) is 4.48 Å². The summed E-state index contributed by atoms with van der Waals surface area (Å²) in [6.07, 6.45) is 6.06. The quantitative estimate of drug-likeness (QED) is 0.582. The number of nitrogens with zero attached hydrogens (tertiary/aromatic N) is 2. The molecule has 0 unspecified atom stereocenters. The fraction of sp³-hybridized carbons (Fsp3) is 0.267. The number of allylic oxidation sites excluding steroid dienone is 4. The van der Waals surface area contributed by atoms with Crippen LogP contribution in [0, 0.1) is 0 Å². The highest BCUT2D eigenvalue weighted by molar-refractivity contribution is 5.81. The fourth-order valence-electron chi connectivity index (χ4n) is 2.31. The molecule has 0 amide bonds. The van der Waals surface area contributed by atoms with Crippen LogP contribution >= 0.6 is 0 Å². The topological polar surface area (TPSA) is 12.9 Å². The second-order valence-corrected chi connectivity index (χ2v) is 5.01. The summed E-state index contributed by atoms with van der Waals surface area (Å²) >= 11 is 0. The van der Waals surface area contributed by atoms with Gasteiger partial charge in [0.2, 0.25) is 5.82 Å². The number of hydrogen-bond acceptors (Lipinski definition) is 1. The Morgan fingerprint density at radius 1 is 1.50 bits per heavy atom. The van der Waals surface area contributed by atoms with Crippen LogP contribution in [-0.4, -0.2) is 19.1 Å². The summed E-state index contributed by atoms with van der Waals surface area (Å²) in [6.45, 7) is 5.14. The van der Waals surface area contributed by atoms with Crippen molar-refractivity contribution in [3.63, 3.8) is 0 Å². The summed E-state index contributed by atoms with van der Waals surface area (Å²) in [4.78, 5) is 4.42. The summed E-state index contributed by atoms with van der Waals surface area (Å²) in [7, 11) is 4.14. The second kappa shape index (κ2) is 4.50. The standard InChI is InChI=1S/C15H18FN2/c1-5-12(11(2)16)9-13-10-18(3,4)15-14(13)7-6-8-17-15/h5-8,10H,1,9H2,2-4H3/q+1. The maximum atomic E-state index is 13.3. The minimum atomic E-state index is -0.173. The maximum absolute atomic E-state index is 13.3. The summed E-state index contributed by atoms with van der Waals surface area (Å²) in [5.74, 6) is 0.834. The highest BCUT2D eigenvalue weighted by Crippen LogP contribution is 2.39. The average Bonchev–Trinajstić information content (AvgIpc) is 2.58. The number of aromatic nitrogens is 1. The molecule has 0 radical (unpaired) electrons. The van der Waals surface area contributed by atoms with Crippen LogP contribution in [0.25, 0.3) is 5.57 Å². The van der Waals surface area contributed by atoms with Crippen LogP contribution in [0.3, 0.4) is 0 Å². The van der Waals surface area contributed by atoms with Crippen LogP contribution in [0.4, 0.5) is 10.2 Å². The number of rotatable bonds is 3. The summed E-state index contributed by atoms with van der Waals surface area (Å²) in [6, 6.07) is 3.95. The van der Waals surface area contributed by atoms with Gasteiger partial charge in [0.1, 0.15) is 12.0 Å². The first kappa shape index (κ1) is 12.7. The molecular formula is C15H18FN2+. The van der Waals surface area contributed by atoms with E-state index in [4.69, 9.17) is 0 Å². The Hall–Kier alpha value is -1.74. The molecule has 1 aromatic rings. The van der Waals surface area contributed by atoms with Gasteiger partial charge in [-0.15, -0.1) is 0 Å². The van der Waals surface area contributed by atoms with Crippen LogP contribution in [0.5, 0.6) is 0 Å². The molecule has 3 heteroatoms. The third kappa shape index (κ3) is 2.14. The largest absolute Gasteiger partial charge is 0.253 e. The van der Waals surface area contributed by atoms with Crippen LogP contribution in [0.15, 0.2) is 48.6 Å². The SMILES string of the molecule is C=CC(CC1=C[N+](C)(C)c2ncccc21)=C(C)F. The molecule has 0 saturated heterocycles. The molecule has 2 nitrogen and oxygen atoms in total. The van der Waals surface area contributed by atoms with Crippen LogP contribution in [-0.2, 0) is 0 Å². The minimum absolute atomic E-state index is 0.173. The molecule has 0 aromatic carbocycles. The van der Waals surface area contributed by atoms with E-state index in [1.165, 1.54) is 6.92 Å². The van der Waals surface area contributed by atoms with Crippen LogP contribution < -0.4 is 4.48 Å². The van der Waals surface area contributed by atoms with Crippen molar-refractivity contribution in [2.75, 3.05) is 14.1 Å². The van der Waals surface area contributed by atoms with Crippen molar-refractivity contribution in [3.05, 3.63) is 54.1 Å². The molecule has 1 aliphatic heterocycles. The summed E-state index contributed by atoms with van der Waals surface area (Å²) < 4.78 is 13.9. The molecule has 94 valence electrons. The van der Waals surface area contributed by atoms with Gasteiger partial charge in [-0.25, -0.2) is 9.37 Å². The highest BCUT2D eigenvalue weighted by Gasteiger charge is 2.32. The van der Waals surface area contributed by atoms with E-state index in [2.05, 4.69) is 31.9 Å². The van der Waals surface area contributed by atoms with E-state index < -0.39 is 0 Å². The lowest BCUT2D eigenvalue weighted by Gasteiger charge is -2.19. The number of hydrogen-bond donors (Lipinski definition) is 0. The predicted octanol–water partition coefficient (Wildman–Crippen LogP) is 3.82. The van der Waals surface area contributed by atoms with Crippen molar-refractivity contribution in [2.24, 2.45) is 0 Å². The molecule has 0 spiro atoms. The number of pyridine rings is 1. The molecule has 0 N–H and O–H groups in total. The number of halogens is 1. The Labute approximate surface area is 107 Å². The van der Waals surface area contributed by atoms with Gasteiger partial charge < -0.3 is 0 Å². The normalized spacial score (nSPS) is 17.9. The van der Waals surface area contributed by atoms with Gasteiger partial charge in [-0.1, -0.05) is 12.7 Å². The number of fused-ring (bicyclic) bond motifs is 1. The first-order chi connectivity index (χ1) is 8.45. The van der Waals surface area contributed by atoms with Gasteiger partial charge in [-0.05, 0) is 24.6 Å². The molecule has 2 rings (SSSR count). The van der Waals surface area contributed by atoms with Crippen molar-refractivity contribution < 1.29 is 4.39 Å². The highest BCUT2D eigenvalue weighted by atomic mass is 19.1. The van der Waals surface area contributed by atoms with E-state index in [1.807, 2.05) is 12.1 Å². The predicted molar refractivity (Wildman–Crippen MR) is 74.5 cm³/mol. The van der Waals surface area contributed by atoms with Gasteiger partial charge in [0.05, 0.1) is 19.7 Å². The van der Waals surface area contributed by atoms with Gasteiger partial charge in [0, 0.05) is 18.2 Å². The van der Waals surface area contributed by atoms with Crippen LogP contribution in [0.1, 0.15) is 18.9 Å². The number of quaternary nitrogens is 1. The Balaban J connectivity index is 2.43. The first-order valence-corrected chi connectivity index (χ1v) is 5.95. The van der Waals surface area contributed by atoms with Crippen molar-refractivity contribution >= 4 is 11.4 Å². The zero-order valence-corrected chi connectivity index (χ0v) is 11.1. The van der Waals surface area contributed by atoms with Gasteiger partial charge in [-0.2, -0.15) is 0 Å². The Morgan fingerprint density at radius 2 is 2.22 bits per heavy atom. The Morgan fingerprint density at radius 3 is 2.83 bits per heavy atom. The van der Waals surface area contributed by atoms with E-state index in [1.54, 1.807) is 12.3 Å². The van der Waals surface area contributed by atoms with Crippen molar-refractivity contribution in [3.8, 4) is 0 Å². The first-order valence-electron chi connectivity index (χ1n) is 5.95.